The standard InChI is InChI=1S/C8H9B/c1-2-4-8-7(3-1)5-6-9-8/h3-6,9H,1-2H2. The maximum Gasteiger partial charge on any atom is 0.183 e. The van der Waals surface area contributed by atoms with Gasteiger partial charge in [-0.2, -0.15) is 0 Å². The lowest BCUT2D eigenvalue weighted by molar-refractivity contribution is 1.02. The largest absolute Gasteiger partial charge is 0.183 e. The molecule has 0 atom stereocenters. The molecular weight excluding hydrogens is 107 g/mol. The molecular formula is C8H9B. The Morgan fingerprint density at radius 3 is 3.00 bits per heavy atom. The molecule has 0 unspecified atom stereocenters. The molecule has 0 radical (unpaired) electrons. The third-order valence-corrected chi connectivity index (χ3v) is 1.93. The van der Waals surface area contributed by atoms with E-state index < -0.39 is 0 Å². The lowest BCUT2D eigenvalue weighted by Gasteiger charge is -2.05. The van der Waals surface area contributed by atoms with E-state index in [0.717, 1.165) is 0 Å². The molecule has 1 aliphatic heterocycles. The Bertz CT molecular complexity index is 209. The number of rotatable bonds is 0. The van der Waals surface area contributed by atoms with Crippen LogP contribution in [0.2, 0.25) is 0 Å². The van der Waals surface area contributed by atoms with Crippen molar-refractivity contribution in [2.75, 3.05) is 0 Å². The normalized spacial score (nSPS) is 22.2. The minimum Gasteiger partial charge on any atom is -0.113 e. The second-order valence-electron chi connectivity index (χ2n) is 2.57. The number of fused-ring (bicyclic) bond motifs is 1. The highest BCUT2D eigenvalue weighted by Gasteiger charge is 2.09. The predicted octanol–water partition coefficient (Wildman–Crippen LogP) is 1.55. The summed E-state index contributed by atoms with van der Waals surface area (Å²) in [5.74, 6) is 2.24. The van der Waals surface area contributed by atoms with Gasteiger partial charge < -0.3 is 0 Å². The maximum atomic E-state index is 2.36. The topological polar surface area (TPSA) is 0 Å². The van der Waals surface area contributed by atoms with Crippen molar-refractivity contribution in [2.24, 2.45) is 0 Å². The zero-order chi connectivity index (χ0) is 6.10. The Hall–Kier alpha value is -0.715. The molecule has 0 bridgehead atoms. The maximum absolute atomic E-state index is 2.36. The summed E-state index contributed by atoms with van der Waals surface area (Å²) in [4.78, 5) is 0. The van der Waals surface area contributed by atoms with E-state index in [-0.39, 0.29) is 0 Å². The van der Waals surface area contributed by atoms with Crippen molar-refractivity contribution in [3.05, 3.63) is 35.2 Å². The quantitative estimate of drug-likeness (QED) is 0.421. The fraction of sp³-hybridized carbons (Fsp3) is 0.250. The van der Waals surface area contributed by atoms with E-state index in [1.807, 2.05) is 0 Å². The SMILES string of the molecule is B1C=CC2=CCCC=C12. The van der Waals surface area contributed by atoms with E-state index in [4.69, 9.17) is 0 Å². The van der Waals surface area contributed by atoms with Gasteiger partial charge >= 0.3 is 0 Å². The van der Waals surface area contributed by atoms with Gasteiger partial charge in [0.15, 0.2) is 7.28 Å². The highest BCUT2D eigenvalue weighted by atomic mass is 14.0. The van der Waals surface area contributed by atoms with Crippen molar-refractivity contribution < 1.29 is 0 Å². The smallest absolute Gasteiger partial charge is 0.113 e. The molecule has 2 rings (SSSR count). The third kappa shape index (κ3) is 0.767. The molecule has 0 aromatic heterocycles. The van der Waals surface area contributed by atoms with Crippen LogP contribution in [0, 0.1) is 0 Å². The number of allylic oxidation sites excluding steroid dienone is 5. The fourth-order valence-electron chi connectivity index (χ4n) is 1.43. The molecule has 0 amide bonds. The van der Waals surface area contributed by atoms with E-state index in [1.165, 1.54) is 25.7 Å². The monoisotopic (exact) mass is 116 g/mol. The number of hydrogen-bond donors (Lipinski definition) is 0. The van der Waals surface area contributed by atoms with Crippen LogP contribution < -0.4 is 0 Å². The van der Waals surface area contributed by atoms with Crippen LogP contribution in [-0.4, -0.2) is 7.28 Å². The Kier molecular flexibility index (Phi) is 1.08. The van der Waals surface area contributed by atoms with Crippen molar-refractivity contribution in [1.82, 2.24) is 0 Å². The Balaban J connectivity index is 2.38. The van der Waals surface area contributed by atoms with Gasteiger partial charge in [0.25, 0.3) is 0 Å². The van der Waals surface area contributed by atoms with Gasteiger partial charge in [-0.1, -0.05) is 23.7 Å². The Morgan fingerprint density at radius 1 is 1.22 bits per heavy atom. The van der Waals surface area contributed by atoms with Crippen LogP contribution in [0.15, 0.2) is 35.2 Å². The van der Waals surface area contributed by atoms with Gasteiger partial charge in [0.1, 0.15) is 0 Å². The molecule has 1 aliphatic carbocycles. The molecule has 0 aromatic rings. The number of hydrogen-bond acceptors (Lipinski definition) is 0. The first-order chi connectivity index (χ1) is 4.47. The van der Waals surface area contributed by atoms with Crippen molar-refractivity contribution in [1.29, 1.82) is 0 Å². The molecule has 1 heterocycles. The minimum atomic E-state index is 1.17. The van der Waals surface area contributed by atoms with E-state index in [1.54, 1.807) is 5.47 Å². The first-order valence-electron chi connectivity index (χ1n) is 3.53. The Morgan fingerprint density at radius 2 is 2.11 bits per heavy atom. The molecule has 9 heavy (non-hydrogen) atoms. The molecule has 0 aromatic carbocycles. The molecule has 0 N–H and O–H groups in total. The van der Waals surface area contributed by atoms with E-state index >= 15 is 0 Å². The highest BCUT2D eigenvalue weighted by Crippen LogP contribution is 2.22. The van der Waals surface area contributed by atoms with Crippen molar-refractivity contribution in [2.45, 2.75) is 12.8 Å². The van der Waals surface area contributed by atoms with Crippen molar-refractivity contribution >= 4 is 7.28 Å². The van der Waals surface area contributed by atoms with Crippen molar-refractivity contribution in [3.63, 3.8) is 0 Å². The summed E-state index contributed by atoms with van der Waals surface area (Å²) < 4.78 is 0. The first kappa shape index (κ1) is 5.10. The molecule has 0 saturated heterocycles. The lowest BCUT2D eigenvalue weighted by atomic mass is 9.71. The summed E-state index contributed by atoms with van der Waals surface area (Å²) in [5.41, 5.74) is 3.02. The van der Waals surface area contributed by atoms with Gasteiger partial charge in [-0.25, -0.2) is 0 Å². The van der Waals surface area contributed by atoms with Crippen LogP contribution in [0.1, 0.15) is 12.8 Å². The molecule has 44 valence electrons. The van der Waals surface area contributed by atoms with Crippen LogP contribution in [0.25, 0.3) is 0 Å². The molecule has 0 nitrogen and oxygen atoms in total. The van der Waals surface area contributed by atoms with E-state index in [0.29, 0.717) is 0 Å². The van der Waals surface area contributed by atoms with Crippen LogP contribution in [0.4, 0.5) is 0 Å². The first-order valence-corrected chi connectivity index (χ1v) is 3.53. The molecule has 0 spiro atoms. The molecule has 2 aliphatic rings. The zero-order valence-corrected chi connectivity index (χ0v) is 5.43. The van der Waals surface area contributed by atoms with Crippen LogP contribution in [-0.2, 0) is 0 Å². The summed E-state index contributed by atoms with van der Waals surface area (Å²) in [6, 6.07) is 0. The third-order valence-electron chi connectivity index (χ3n) is 1.93. The van der Waals surface area contributed by atoms with Gasteiger partial charge in [0, 0.05) is 0 Å². The Labute approximate surface area is 56.2 Å². The molecule has 0 saturated carbocycles. The van der Waals surface area contributed by atoms with Gasteiger partial charge in [-0.3, -0.25) is 0 Å². The summed E-state index contributed by atoms with van der Waals surface area (Å²) in [6.45, 7) is 0. The predicted molar refractivity (Wildman–Crippen MR) is 41.7 cm³/mol. The average Bonchev–Trinajstić information content (AvgIpc) is 2.33. The van der Waals surface area contributed by atoms with Crippen LogP contribution in [0.3, 0.4) is 0 Å². The van der Waals surface area contributed by atoms with Crippen LogP contribution in [0.5, 0.6) is 0 Å². The fourth-order valence-corrected chi connectivity index (χ4v) is 1.43. The van der Waals surface area contributed by atoms with E-state index in [2.05, 4.69) is 24.2 Å². The van der Waals surface area contributed by atoms with E-state index in [9.17, 15) is 0 Å². The van der Waals surface area contributed by atoms with Gasteiger partial charge in [-0.05, 0) is 18.4 Å². The minimum absolute atomic E-state index is 1.17. The summed E-state index contributed by atoms with van der Waals surface area (Å²) in [5, 5.41) is 0. The zero-order valence-electron chi connectivity index (χ0n) is 5.43. The molecule has 0 fully saturated rings. The van der Waals surface area contributed by atoms with Gasteiger partial charge in [0.2, 0.25) is 0 Å². The van der Waals surface area contributed by atoms with Crippen molar-refractivity contribution in [3.8, 4) is 0 Å². The van der Waals surface area contributed by atoms with Crippen LogP contribution >= 0.6 is 0 Å². The molecule has 1 heteroatoms. The summed E-state index contributed by atoms with van der Waals surface area (Å²) in [6.07, 6.45) is 9.41. The highest BCUT2D eigenvalue weighted by molar-refractivity contribution is 6.54. The lowest BCUT2D eigenvalue weighted by Crippen LogP contribution is -1.92. The second kappa shape index (κ2) is 1.91. The van der Waals surface area contributed by atoms with Gasteiger partial charge in [0.05, 0.1) is 0 Å². The average molecular weight is 116 g/mol. The summed E-state index contributed by atoms with van der Waals surface area (Å²) in [7, 11) is 1.17. The summed E-state index contributed by atoms with van der Waals surface area (Å²) >= 11 is 0. The van der Waals surface area contributed by atoms with Gasteiger partial charge in [-0.15, -0.1) is 5.98 Å². The second-order valence-corrected chi connectivity index (χ2v) is 2.57.